The van der Waals surface area contributed by atoms with Crippen LogP contribution in [0.1, 0.15) is 233 Å². The first-order valence-electron chi connectivity index (χ1n) is 23.6. The van der Waals surface area contributed by atoms with Gasteiger partial charge in [-0.2, -0.15) is 0 Å². The minimum absolute atomic E-state index is 0.0159. The first kappa shape index (κ1) is 50.1. The highest BCUT2D eigenvalue weighted by atomic mass is 16.5. The van der Waals surface area contributed by atoms with Crippen molar-refractivity contribution in [1.82, 2.24) is 14.5 Å². The topological polar surface area (TPSA) is 73.7 Å². The molecule has 0 aliphatic carbocycles. The van der Waals surface area contributed by atoms with E-state index in [4.69, 9.17) is 9.47 Å². The summed E-state index contributed by atoms with van der Waals surface area (Å²) in [7, 11) is 0. The summed E-state index contributed by atoms with van der Waals surface area (Å²) in [4.78, 5) is 31.7. The second-order valence-electron chi connectivity index (χ2n) is 16.2. The molecule has 0 saturated heterocycles. The number of hydrogen-bond acceptors (Lipinski definition) is 6. The van der Waals surface area contributed by atoms with E-state index in [1.54, 1.807) is 0 Å². The smallest absolute Gasteiger partial charge is 0.306 e. The van der Waals surface area contributed by atoms with Gasteiger partial charge in [0.15, 0.2) is 0 Å². The van der Waals surface area contributed by atoms with E-state index in [1.807, 2.05) is 18.7 Å². The lowest BCUT2D eigenvalue weighted by atomic mass is 10.0. The molecule has 0 aliphatic rings. The molecule has 1 rings (SSSR count). The third kappa shape index (κ3) is 33.4. The van der Waals surface area contributed by atoms with Crippen molar-refractivity contribution in [2.45, 2.75) is 245 Å². The lowest BCUT2D eigenvalue weighted by Gasteiger charge is -2.22. The molecular formula is C47H89N3O4. The fraction of sp³-hybridized carbons (Fsp3) is 0.894. The van der Waals surface area contributed by atoms with Gasteiger partial charge in [0, 0.05) is 38.3 Å². The van der Waals surface area contributed by atoms with E-state index in [-0.39, 0.29) is 18.0 Å². The molecule has 0 unspecified atom stereocenters. The van der Waals surface area contributed by atoms with E-state index in [9.17, 15) is 9.59 Å². The minimum atomic E-state index is -0.0159. The monoisotopic (exact) mass is 760 g/mol. The summed E-state index contributed by atoms with van der Waals surface area (Å²) in [5.41, 5.74) is 0. The number of carbonyl (C=O) groups excluding carboxylic acids is 2. The molecule has 7 heteroatoms. The van der Waals surface area contributed by atoms with E-state index in [2.05, 4.69) is 35.2 Å². The summed E-state index contributed by atoms with van der Waals surface area (Å²) in [6, 6.07) is 0. The third-order valence-electron chi connectivity index (χ3n) is 11.0. The van der Waals surface area contributed by atoms with E-state index < -0.39 is 0 Å². The molecule has 0 N–H and O–H groups in total. The SMILES string of the molecule is CCCCCCCCCOC(=O)CCCCCCCN(CCCCCCCC(=O)OC(CCCCCCCC)CCCCCCCC)CCn1ccnc1. The van der Waals surface area contributed by atoms with Gasteiger partial charge in [0.1, 0.15) is 6.10 Å². The van der Waals surface area contributed by atoms with E-state index in [0.29, 0.717) is 19.4 Å². The van der Waals surface area contributed by atoms with Crippen LogP contribution in [-0.2, 0) is 25.6 Å². The highest BCUT2D eigenvalue weighted by molar-refractivity contribution is 5.69. The number of aromatic nitrogens is 2. The average molecular weight is 760 g/mol. The summed E-state index contributed by atoms with van der Waals surface area (Å²) >= 11 is 0. The van der Waals surface area contributed by atoms with Crippen molar-refractivity contribution in [3.05, 3.63) is 18.7 Å². The first-order valence-corrected chi connectivity index (χ1v) is 23.6. The molecule has 0 aliphatic heterocycles. The standard InChI is InChI=1S/C47H89N3O4/c1-4-7-10-13-16-25-32-43-53-46(51)35-28-21-17-23-30-38-49(41-42-50-40-37-48-44-50)39-31-24-18-22-29-36-47(52)54-45(33-26-19-14-11-8-5-2)34-27-20-15-12-9-6-3/h37,40,44-45H,4-36,38-39,41-43H2,1-3H3. The third-order valence-corrected chi connectivity index (χ3v) is 11.0. The lowest BCUT2D eigenvalue weighted by molar-refractivity contribution is -0.150. The molecule has 0 radical (unpaired) electrons. The zero-order valence-corrected chi connectivity index (χ0v) is 36.2. The van der Waals surface area contributed by atoms with Crippen LogP contribution in [0.4, 0.5) is 0 Å². The van der Waals surface area contributed by atoms with Crippen molar-refractivity contribution in [1.29, 1.82) is 0 Å². The molecule has 0 bridgehead atoms. The predicted octanol–water partition coefficient (Wildman–Crippen LogP) is 13.6. The molecule has 54 heavy (non-hydrogen) atoms. The van der Waals surface area contributed by atoms with Crippen LogP contribution >= 0.6 is 0 Å². The maximum Gasteiger partial charge on any atom is 0.306 e. The molecule has 0 amide bonds. The van der Waals surface area contributed by atoms with E-state index in [1.165, 1.54) is 154 Å². The first-order chi connectivity index (χ1) is 26.6. The van der Waals surface area contributed by atoms with Gasteiger partial charge < -0.3 is 18.9 Å². The van der Waals surface area contributed by atoms with Gasteiger partial charge >= 0.3 is 11.9 Å². The molecular weight excluding hydrogens is 671 g/mol. The van der Waals surface area contributed by atoms with E-state index in [0.717, 1.165) is 71.1 Å². The van der Waals surface area contributed by atoms with Crippen LogP contribution in [0.2, 0.25) is 0 Å². The van der Waals surface area contributed by atoms with Crippen LogP contribution in [0.3, 0.4) is 0 Å². The summed E-state index contributed by atoms with van der Waals surface area (Å²) in [6.07, 6.45) is 44.6. The largest absolute Gasteiger partial charge is 0.466 e. The summed E-state index contributed by atoms with van der Waals surface area (Å²) in [5.74, 6) is 0.0132. The summed E-state index contributed by atoms with van der Waals surface area (Å²) in [5, 5.41) is 0. The van der Waals surface area contributed by atoms with E-state index >= 15 is 0 Å². The highest BCUT2D eigenvalue weighted by Gasteiger charge is 2.14. The van der Waals surface area contributed by atoms with Crippen LogP contribution in [0.15, 0.2) is 18.7 Å². The number of nitrogens with zero attached hydrogens (tertiary/aromatic N) is 3. The van der Waals surface area contributed by atoms with Crippen molar-refractivity contribution in [3.8, 4) is 0 Å². The van der Waals surface area contributed by atoms with Gasteiger partial charge in [-0.15, -0.1) is 0 Å². The predicted molar refractivity (Wildman–Crippen MR) is 229 cm³/mol. The molecule has 7 nitrogen and oxygen atoms in total. The Morgan fingerprint density at radius 1 is 0.537 bits per heavy atom. The molecule has 0 fully saturated rings. The molecule has 0 spiro atoms. The van der Waals surface area contributed by atoms with Crippen LogP contribution in [-0.4, -0.2) is 58.7 Å². The van der Waals surface area contributed by atoms with Crippen molar-refractivity contribution in [2.75, 3.05) is 26.2 Å². The number of rotatable bonds is 42. The normalized spacial score (nSPS) is 11.6. The second-order valence-corrected chi connectivity index (χ2v) is 16.2. The second kappa shape index (κ2) is 39.3. The van der Waals surface area contributed by atoms with Crippen molar-refractivity contribution in [2.24, 2.45) is 0 Å². The summed E-state index contributed by atoms with van der Waals surface area (Å²) < 4.78 is 13.7. The number of carbonyl (C=O) groups is 2. The van der Waals surface area contributed by atoms with Gasteiger partial charge in [-0.1, -0.05) is 162 Å². The van der Waals surface area contributed by atoms with Crippen molar-refractivity contribution >= 4 is 11.9 Å². The Balaban J connectivity index is 2.22. The Morgan fingerprint density at radius 3 is 1.48 bits per heavy atom. The zero-order chi connectivity index (χ0) is 39.0. The molecule has 0 aromatic carbocycles. The Hall–Kier alpha value is -1.89. The van der Waals surface area contributed by atoms with Crippen molar-refractivity contribution in [3.63, 3.8) is 0 Å². The summed E-state index contributed by atoms with van der Waals surface area (Å²) in [6.45, 7) is 11.6. The minimum Gasteiger partial charge on any atom is -0.466 e. The van der Waals surface area contributed by atoms with Crippen molar-refractivity contribution < 1.29 is 19.1 Å². The van der Waals surface area contributed by atoms with Gasteiger partial charge in [-0.05, 0) is 70.9 Å². The Bertz CT molecular complexity index is 908. The van der Waals surface area contributed by atoms with Crippen LogP contribution < -0.4 is 0 Å². The number of imidazole rings is 1. The van der Waals surface area contributed by atoms with Gasteiger partial charge in [0.25, 0.3) is 0 Å². The van der Waals surface area contributed by atoms with Crippen LogP contribution in [0, 0.1) is 0 Å². The molecule has 0 atom stereocenters. The maximum absolute atomic E-state index is 12.8. The zero-order valence-electron chi connectivity index (χ0n) is 36.2. The maximum atomic E-state index is 12.8. The highest BCUT2D eigenvalue weighted by Crippen LogP contribution is 2.18. The van der Waals surface area contributed by atoms with Gasteiger partial charge in [-0.3, -0.25) is 9.59 Å². The Morgan fingerprint density at radius 2 is 0.981 bits per heavy atom. The fourth-order valence-corrected chi connectivity index (χ4v) is 7.41. The van der Waals surface area contributed by atoms with Gasteiger partial charge in [0.2, 0.25) is 0 Å². The van der Waals surface area contributed by atoms with Gasteiger partial charge in [-0.25, -0.2) is 4.98 Å². The Labute approximate surface area is 334 Å². The number of unbranched alkanes of at least 4 members (excludes halogenated alkanes) is 24. The molecule has 316 valence electrons. The van der Waals surface area contributed by atoms with Crippen LogP contribution in [0.5, 0.6) is 0 Å². The number of esters is 2. The van der Waals surface area contributed by atoms with Crippen LogP contribution in [0.25, 0.3) is 0 Å². The lowest BCUT2D eigenvalue weighted by Crippen LogP contribution is -2.29. The molecule has 1 aromatic heterocycles. The average Bonchev–Trinajstić information content (AvgIpc) is 3.70. The molecule has 1 aromatic rings. The number of hydrogen-bond donors (Lipinski definition) is 0. The van der Waals surface area contributed by atoms with Gasteiger partial charge in [0.05, 0.1) is 12.9 Å². The molecule has 1 heterocycles. The quantitative estimate of drug-likeness (QED) is 0.0488. The fourth-order valence-electron chi connectivity index (χ4n) is 7.41. The Kier molecular flexibility index (Phi) is 36.5. The molecule has 0 saturated carbocycles. The number of ether oxygens (including phenoxy) is 2.